The van der Waals surface area contributed by atoms with Gasteiger partial charge in [0.05, 0.1) is 11.2 Å². The highest BCUT2D eigenvalue weighted by Crippen LogP contribution is 2.40. The Morgan fingerprint density at radius 3 is 2.63 bits per heavy atom. The van der Waals surface area contributed by atoms with Crippen molar-refractivity contribution in [2.75, 3.05) is 0 Å². The second-order valence-corrected chi connectivity index (χ2v) is 8.44. The van der Waals surface area contributed by atoms with Crippen molar-refractivity contribution in [2.45, 2.75) is 29.5 Å². The summed E-state index contributed by atoms with van der Waals surface area (Å²) in [6, 6.07) is 14.7. The van der Waals surface area contributed by atoms with E-state index in [1.54, 1.807) is 35.2 Å². The molecule has 134 valence electrons. The number of hydrogen-bond acceptors (Lipinski definition) is 5. The Morgan fingerprint density at radius 2 is 1.81 bits per heavy atom. The van der Waals surface area contributed by atoms with Crippen LogP contribution in [0.2, 0.25) is 0 Å². The molecule has 6 heteroatoms. The molecule has 27 heavy (non-hydrogen) atoms. The molecule has 3 nitrogen and oxygen atoms in total. The zero-order chi connectivity index (χ0) is 18.2. The molecule has 0 saturated heterocycles. The fraction of sp³-hybridized carbons (Fsp3) is 0.190. The van der Waals surface area contributed by atoms with Gasteiger partial charge in [-0.1, -0.05) is 30.0 Å². The summed E-state index contributed by atoms with van der Waals surface area (Å²) in [4.78, 5) is 14.3. The van der Waals surface area contributed by atoms with Gasteiger partial charge in [-0.25, -0.2) is 19.3 Å². The first-order valence-corrected chi connectivity index (χ1v) is 10.7. The van der Waals surface area contributed by atoms with Gasteiger partial charge in [0.15, 0.2) is 0 Å². The summed E-state index contributed by atoms with van der Waals surface area (Å²) in [6.07, 6.45) is 2.38. The fourth-order valence-corrected chi connectivity index (χ4v) is 4.79. The van der Waals surface area contributed by atoms with Gasteiger partial charge in [-0.15, -0.1) is 11.3 Å². The smallest absolute Gasteiger partial charge is 0.133 e. The van der Waals surface area contributed by atoms with Gasteiger partial charge < -0.3 is 0 Å². The average Bonchev–Trinajstić information content (AvgIpc) is 3.45. The van der Waals surface area contributed by atoms with E-state index in [1.807, 2.05) is 12.1 Å². The van der Waals surface area contributed by atoms with Crippen molar-refractivity contribution in [3.8, 4) is 10.6 Å². The average molecular weight is 394 g/mol. The third-order valence-electron chi connectivity index (χ3n) is 4.53. The maximum Gasteiger partial charge on any atom is 0.133 e. The van der Waals surface area contributed by atoms with Crippen LogP contribution in [-0.4, -0.2) is 15.0 Å². The molecule has 0 spiro atoms. The van der Waals surface area contributed by atoms with Gasteiger partial charge in [0.25, 0.3) is 0 Å². The van der Waals surface area contributed by atoms with E-state index in [1.165, 1.54) is 25.0 Å². The molecule has 5 rings (SSSR count). The number of rotatable bonds is 5. The lowest BCUT2D eigenvalue weighted by atomic mass is 10.2. The molecular formula is C21H16FN3S2. The molecule has 4 aromatic rings. The first-order chi connectivity index (χ1) is 13.3. The Balaban J connectivity index is 1.39. The summed E-state index contributed by atoms with van der Waals surface area (Å²) in [6.45, 7) is 0. The molecular weight excluding hydrogens is 377 g/mol. The normalized spacial score (nSPS) is 14.0. The van der Waals surface area contributed by atoms with Crippen LogP contribution in [0.3, 0.4) is 0 Å². The summed E-state index contributed by atoms with van der Waals surface area (Å²) >= 11 is 3.29. The van der Waals surface area contributed by atoms with Crippen molar-refractivity contribution in [3.63, 3.8) is 0 Å². The molecule has 0 bridgehead atoms. The Hall–Kier alpha value is -2.31. The number of halogens is 1. The first kappa shape index (κ1) is 16.8. The van der Waals surface area contributed by atoms with Gasteiger partial charge in [0.1, 0.15) is 21.7 Å². The first-order valence-electron chi connectivity index (χ1n) is 8.86. The van der Waals surface area contributed by atoms with E-state index in [-0.39, 0.29) is 5.82 Å². The van der Waals surface area contributed by atoms with Crippen molar-refractivity contribution < 1.29 is 4.39 Å². The number of hydrogen-bond donors (Lipinski definition) is 0. The van der Waals surface area contributed by atoms with Crippen LogP contribution >= 0.6 is 23.1 Å². The van der Waals surface area contributed by atoms with Crippen LogP contribution < -0.4 is 0 Å². The second-order valence-electron chi connectivity index (χ2n) is 6.62. The molecule has 0 unspecified atom stereocenters. The predicted molar refractivity (Wildman–Crippen MR) is 109 cm³/mol. The maximum atomic E-state index is 13.1. The second kappa shape index (κ2) is 7.02. The number of aromatic nitrogens is 3. The SMILES string of the molecule is Fc1ccc(-c2nc(CSc3nc(C4CC4)nc4ccccc34)cs2)cc1. The molecule has 0 amide bonds. The van der Waals surface area contributed by atoms with Crippen molar-refractivity contribution in [1.29, 1.82) is 0 Å². The summed E-state index contributed by atoms with van der Waals surface area (Å²) in [7, 11) is 0. The van der Waals surface area contributed by atoms with E-state index >= 15 is 0 Å². The Kier molecular flexibility index (Phi) is 4.38. The Labute approximate surface area is 164 Å². The number of nitrogens with zero attached hydrogens (tertiary/aromatic N) is 3. The van der Waals surface area contributed by atoms with Crippen molar-refractivity contribution >= 4 is 34.0 Å². The molecule has 1 aliphatic rings. The number of thiazole rings is 1. The van der Waals surface area contributed by atoms with Gasteiger partial charge in [0.2, 0.25) is 0 Å². The van der Waals surface area contributed by atoms with Gasteiger partial charge in [-0.2, -0.15) is 0 Å². The molecule has 2 aromatic carbocycles. The van der Waals surface area contributed by atoms with E-state index in [2.05, 4.69) is 17.5 Å². The molecule has 2 aromatic heterocycles. The van der Waals surface area contributed by atoms with E-state index < -0.39 is 0 Å². The quantitative estimate of drug-likeness (QED) is 0.305. The summed E-state index contributed by atoms with van der Waals surface area (Å²) in [5.74, 6) is 2.02. The van der Waals surface area contributed by atoms with Crippen LogP contribution in [-0.2, 0) is 5.75 Å². The fourth-order valence-electron chi connectivity index (χ4n) is 2.94. The van der Waals surface area contributed by atoms with Crippen LogP contribution in [0, 0.1) is 5.82 Å². The highest BCUT2D eigenvalue weighted by atomic mass is 32.2. The van der Waals surface area contributed by atoms with E-state index in [0.717, 1.165) is 43.8 Å². The molecule has 0 aliphatic heterocycles. The number of para-hydroxylation sites is 1. The molecule has 1 fully saturated rings. The lowest BCUT2D eigenvalue weighted by Crippen LogP contribution is -1.96. The molecule has 2 heterocycles. The minimum atomic E-state index is -0.229. The number of thioether (sulfide) groups is 1. The van der Waals surface area contributed by atoms with Crippen molar-refractivity contribution in [2.24, 2.45) is 0 Å². The van der Waals surface area contributed by atoms with Crippen LogP contribution in [0.15, 0.2) is 58.9 Å². The number of benzene rings is 2. The predicted octanol–water partition coefficient (Wildman–Crippen LogP) is 6.06. The van der Waals surface area contributed by atoms with E-state index in [9.17, 15) is 4.39 Å². The minimum Gasteiger partial charge on any atom is -0.240 e. The van der Waals surface area contributed by atoms with Crippen LogP contribution in [0.1, 0.15) is 30.3 Å². The standard InChI is InChI=1S/C21H16FN3S2/c22-15-9-7-14(8-10-15)20-23-16(11-26-20)12-27-21-17-3-1-2-4-18(17)24-19(25-21)13-5-6-13/h1-4,7-11,13H,5-6,12H2. The van der Waals surface area contributed by atoms with Crippen LogP contribution in [0.4, 0.5) is 4.39 Å². The van der Waals surface area contributed by atoms with Crippen molar-refractivity contribution in [1.82, 2.24) is 15.0 Å². The van der Waals surface area contributed by atoms with Crippen LogP contribution in [0.25, 0.3) is 21.5 Å². The molecule has 1 saturated carbocycles. The van der Waals surface area contributed by atoms with Gasteiger partial charge in [0, 0.05) is 28.0 Å². The topological polar surface area (TPSA) is 38.7 Å². The third-order valence-corrected chi connectivity index (χ3v) is 6.49. The van der Waals surface area contributed by atoms with Gasteiger partial charge in [-0.3, -0.25) is 0 Å². The molecule has 0 N–H and O–H groups in total. The largest absolute Gasteiger partial charge is 0.240 e. The molecule has 1 aliphatic carbocycles. The zero-order valence-corrected chi connectivity index (χ0v) is 16.1. The van der Waals surface area contributed by atoms with Gasteiger partial charge >= 0.3 is 0 Å². The van der Waals surface area contributed by atoms with E-state index in [4.69, 9.17) is 15.0 Å². The molecule has 0 atom stereocenters. The lowest BCUT2D eigenvalue weighted by molar-refractivity contribution is 0.628. The molecule has 0 radical (unpaired) electrons. The summed E-state index contributed by atoms with van der Waals surface area (Å²) in [5.41, 5.74) is 2.98. The minimum absolute atomic E-state index is 0.229. The maximum absolute atomic E-state index is 13.1. The zero-order valence-electron chi connectivity index (χ0n) is 14.4. The van der Waals surface area contributed by atoms with Gasteiger partial charge in [-0.05, 0) is 43.2 Å². The summed E-state index contributed by atoms with van der Waals surface area (Å²) in [5, 5.41) is 5.10. The third kappa shape index (κ3) is 3.59. The summed E-state index contributed by atoms with van der Waals surface area (Å²) < 4.78 is 13.1. The van der Waals surface area contributed by atoms with Crippen LogP contribution in [0.5, 0.6) is 0 Å². The van der Waals surface area contributed by atoms with E-state index in [0.29, 0.717) is 5.92 Å². The number of fused-ring (bicyclic) bond motifs is 1. The lowest BCUT2D eigenvalue weighted by Gasteiger charge is -2.07. The highest BCUT2D eigenvalue weighted by Gasteiger charge is 2.27. The monoisotopic (exact) mass is 393 g/mol. The Bertz CT molecular complexity index is 1100. The van der Waals surface area contributed by atoms with Crippen molar-refractivity contribution in [3.05, 3.63) is 71.2 Å². The Morgan fingerprint density at radius 1 is 1.00 bits per heavy atom. The highest BCUT2D eigenvalue weighted by molar-refractivity contribution is 7.98.